The molecule has 6 aromatic carbocycles. The van der Waals surface area contributed by atoms with Crippen LogP contribution in [0.3, 0.4) is 0 Å². The molecule has 2 atom stereocenters. The van der Waals surface area contributed by atoms with Gasteiger partial charge in [0.25, 0.3) is 6.71 Å². The highest BCUT2D eigenvalue weighted by Crippen LogP contribution is 2.63. The van der Waals surface area contributed by atoms with Gasteiger partial charge in [-0.3, -0.25) is 0 Å². The number of anilines is 8. The number of hydrogen-bond donors (Lipinski definition) is 0. The first-order valence-electron chi connectivity index (χ1n) is 27.7. The summed E-state index contributed by atoms with van der Waals surface area (Å²) in [7, 11) is 0. The molecule has 4 aliphatic rings. The number of benzene rings is 6. The van der Waals surface area contributed by atoms with Crippen molar-refractivity contribution in [2.75, 3.05) is 14.7 Å². The molecule has 380 valence electrons. The highest BCUT2D eigenvalue weighted by atomic mass is 32.1. The molecule has 8 aromatic rings. The second-order valence-electron chi connectivity index (χ2n) is 28.3. The fourth-order valence-electron chi connectivity index (χ4n) is 13.4. The Balaban J connectivity index is 1.23. The van der Waals surface area contributed by atoms with Gasteiger partial charge in [-0.05, 0) is 151 Å². The average Bonchev–Trinajstić information content (AvgIpc) is 4.02. The number of fused-ring (bicyclic) bond motifs is 11. The third kappa shape index (κ3) is 7.37. The SMILES string of the molecule is CC(C)(C)c1ccc(N2c3cc(N4c5ccc(C(C)(C)C)cc5C5(C)CCCCC45C)cc4c3B(c3sc5cc(C(C)(C)C)ccc5c3N4c3ccc(C(C)(C)C)cc3)c3c2sc2cc(C(C)(C)C)ccc32)cc1. The summed E-state index contributed by atoms with van der Waals surface area (Å²) in [6.45, 7) is 40.5. The molecule has 1 fully saturated rings. The summed E-state index contributed by atoms with van der Waals surface area (Å²) in [4.78, 5) is 8.24. The van der Waals surface area contributed by atoms with Crippen LogP contribution in [0.15, 0.2) is 115 Å². The third-order valence-electron chi connectivity index (χ3n) is 18.2. The molecular weight excluding hydrogens is 934 g/mol. The molecule has 3 nitrogen and oxygen atoms in total. The van der Waals surface area contributed by atoms with Crippen LogP contribution in [-0.4, -0.2) is 12.3 Å². The van der Waals surface area contributed by atoms with Gasteiger partial charge in [0.15, 0.2) is 0 Å². The molecule has 0 radical (unpaired) electrons. The van der Waals surface area contributed by atoms with Crippen LogP contribution in [0.25, 0.3) is 20.2 Å². The Kier molecular flexibility index (Phi) is 10.8. The lowest BCUT2D eigenvalue weighted by Gasteiger charge is -2.51. The molecule has 2 unspecified atom stereocenters. The predicted molar refractivity (Wildman–Crippen MR) is 328 cm³/mol. The zero-order valence-electron chi connectivity index (χ0n) is 47.5. The van der Waals surface area contributed by atoms with Gasteiger partial charge in [-0.25, -0.2) is 0 Å². The predicted octanol–water partition coefficient (Wildman–Crippen LogP) is 18.4. The minimum Gasteiger partial charge on any atom is -0.334 e. The lowest BCUT2D eigenvalue weighted by Crippen LogP contribution is -2.60. The third-order valence-corrected chi connectivity index (χ3v) is 20.6. The fourth-order valence-corrected chi connectivity index (χ4v) is 16.1. The van der Waals surface area contributed by atoms with Crippen LogP contribution in [0, 0.1) is 0 Å². The van der Waals surface area contributed by atoms with Gasteiger partial charge in [-0.15, -0.1) is 22.7 Å². The number of thiophene rings is 2. The summed E-state index contributed by atoms with van der Waals surface area (Å²) in [5, 5.41) is 4.04. The van der Waals surface area contributed by atoms with E-state index in [2.05, 4.69) is 248 Å². The highest BCUT2D eigenvalue weighted by molar-refractivity contribution is 7.35. The second kappa shape index (κ2) is 16.1. The Hall–Kier alpha value is -5.30. The van der Waals surface area contributed by atoms with Gasteiger partial charge in [-0.2, -0.15) is 0 Å². The summed E-state index contributed by atoms with van der Waals surface area (Å²) >= 11 is 4.02. The van der Waals surface area contributed by atoms with Crippen molar-refractivity contribution in [3.63, 3.8) is 0 Å². The Bertz CT molecular complexity index is 3580. The first-order valence-corrected chi connectivity index (χ1v) is 29.3. The van der Waals surface area contributed by atoms with E-state index in [4.69, 9.17) is 0 Å². The Morgan fingerprint density at radius 3 is 1.45 bits per heavy atom. The minimum absolute atomic E-state index is 0.0188. The van der Waals surface area contributed by atoms with Crippen LogP contribution in [-0.2, 0) is 32.5 Å². The van der Waals surface area contributed by atoms with Gasteiger partial charge in [0.2, 0.25) is 0 Å². The van der Waals surface area contributed by atoms with Gasteiger partial charge in [0, 0.05) is 59.1 Å². The Morgan fingerprint density at radius 1 is 0.432 bits per heavy atom. The maximum atomic E-state index is 2.84. The van der Waals surface area contributed by atoms with Crippen LogP contribution in [0.1, 0.15) is 177 Å². The van der Waals surface area contributed by atoms with E-state index >= 15 is 0 Å². The molecule has 12 rings (SSSR count). The van der Waals surface area contributed by atoms with Crippen molar-refractivity contribution in [3.05, 3.63) is 149 Å². The van der Waals surface area contributed by atoms with Crippen molar-refractivity contribution in [1.29, 1.82) is 0 Å². The number of rotatable bonds is 3. The van der Waals surface area contributed by atoms with Gasteiger partial charge >= 0.3 is 0 Å². The largest absolute Gasteiger partial charge is 0.334 e. The quantitative estimate of drug-likeness (QED) is 0.163. The lowest BCUT2D eigenvalue weighted by atomic mass is 9.36. The summed E-state index contributed by atoms with van der Waals surface area (Å²) < 4.78 is 4.15. The zero-order valence-corrected chi connectivity index (χ0v) is 49.2. The fraction of sp³-hybridized carbons (Fsp3) is 0.412. The van der Waals surface area contributed by atoms with Crippen molar-refractivity contribution in [3.8, 4) is 0 Å². The normalized spacial score (nSPS) is 19.7. The van der Waals surface area contributed by atoms with E-state index in [0.29, 0.717) is 0 Å². The van der Waals surface area contributed by atoms with Gasteiger partial charge in [0.1, 0.15) is 0 Å². The molecule has 0 amide bonds. The van der Waals surface area contributed by atoms with Crippen molar-refractivity contribution in [2.24, 2.45) is 0 Å². The maximum Gasteiger partial charge on any atom is 0.266 e. The summed E-state index contributed by atoms with van der Waals surface area (Å²) in [5.41, 5.74) is 20.2. The van der Waals surface area contributed by atoms with E-state index in [0.717, 1.165) is 6.42 Å². The number of hydrogen-bond acceptors (Lipinski definition) is 5. The lowest BCUT2D eigenvalue weighted by molar-refractivity contribution is 0.195. The standard InChI is InChI=1S/C68H78BN3S2/c1-62(2,3)41-20-27-46(28-21-41)70-53-39-48(72-52-33-26-43(64(7,8)9)36-51(52)67(16)34-18-19-35-68(67,72)17)40-54-58(53)69(60-59(70)50-32-25-45(66(13,14)15)38-56(50)73-60)57-49-31-24-44(65(10,11)12)37-55(49)74-61(57)71(54)47-29-22-42(23-30-47)63(4,5)6/h20-33,36-40H,18-19,34-35H2,1-17H3. The van der Waals surface area contributed by atoms with Crippen molar-refractivity contribution >= 4 is 110 Å². The van der Waals surface area contributed by atoms with Crippen molar-refractivity contribution in [2.45, 2.75) is 181 Å². The maximum absolute atomic E-state index is 2.84. The number of nitrogens with zero attached hydrogens (tertiary/aromatic N) is 3. The molecule has 0 N–H and O–H groups in total. The van der Waals surface area contributed by atoms with Crippen molar-refractivity contribution < 1.29 is 0 Å². The van der Waals surface area contributed by atoms with E-state index < -0.39 is 0 Å². The molecule has 2 aromatic heterocycles. The average molecular weight is 1010 g/mol. The molecule has 1 saturated carbocycles. The molecular formula is C68H78BN3S2. The summed E-state index contributed by atoms with van der Waals surface area (Å²) in [6, 6.07) is 46.9. The molecule has 74 heavy (non-hydrogen) atoms. The van der Waals surface area contributed by atoms with E-state index in [9.17, 15) is 0 Å². The Labute approximate surface area is 452 Å². The van der Waals surface area contributed by atoms with Gasteiger partial charge in [-0.1, -0.05) is 184 Å². The molecule has 0 spiro atoms. The highest BCUT2D eigenvalue weighted by Gasteiger charge is 2.58. The molecule has 0 bridgehead atoms. The van der Waals surface area contributed by atoms with Gasteiger partial charge < -0.3 is 14.7 Å². The first-order chi connectivity index (χ1) is 34.6. The van der Waals surface area contributed by atoms with Crippen molar-refractivity contribution in [1.82, 2.24) is 0 Å². The Morgan fingerprint density at radius 2 is 0.892 bits per heavy atom. The molecule has 1 aliphatic carbocycles. The van der Waals surface area contributed by atoms with E-state index in [1.54, 1.807) is 0 Å². The van der Waals surface area contributed by atoms with E-state index in [1.165, 1.54) is 133 Å². The monoisotopic (exact) mass is 1010 g/mol. The van der Waals surface area contributed by atoms with E-state index in [1.807, 2.05) is 22.7 Å². The van der Waals surface area contributed by atoms with Crippen LogP contribution in [0.2, 0.25) is 0 Å². The molecule has 3 aliphatic heterocycles. The first kappa shape index (κ1) is 49.6. The minimum atomic E-state index is -0.137. The molecule has 5 heterocycles. The topological polar surface area (TPSA) is 9.72 Å². The van der Waals surface area contributed by atoms with Crippen LogP contribution >= 0.6 is 22.7 Å². The molecule has 0 saturated heterocycles. The molecule has 6 heteroatoms. The zero-order chi connectivity index (χ0) is 52.6. The smallest absolute Gasteiger partial charge is 0.266 e. The van der Waals surface area contributed by atoms with Gasteiger partial charge in [0.05, 0.1) is 16.2 Å². The van der Waals surface area contributed by atoms with Crippen LogP contribution in [0.4, 0.5) is 44.8 Å². The second-order valence-corrected chi connectivity index (χ2v) is 30.4. The summed E-state index contributed by atoms with van der Waals surface area (Å²) in [5.74, 6) is 0. The summed E-state index contributed by atoms with van der Waals surface area (Å²) in [6.07, 6.45) is 4.80. The van der Waals surface area contributed by atoms with E-state index in [-0.39, 0.29) is 44.7 Å². The van der Waals surface area contributed by atoms with Crippen LogP contribution in [0.5, 0.6) is 0 Å². The van der Waals surface area contributed by atoms with Crippen LogP contribution < -0.4 is 30.4 Å².